The van der Waals surface area contributed by atoms with E-state index in [-0.39, 0.29) is 12.0 Å². The van der Waals surface area contributed by atoms with Crippen molar-refractivity contribution in [2.75, 3.05) is 53.5 Å². The fourth-order valence-corrected chi connectivity index (χ4v) is 3.73. The topological polar surface area (TPSA) is 35.9 Å². The minimum absolute atomic E-state index is 0.0154. The Morgan fingerprint density at radius 3 is 2.74 bits per heavy atom. The van der Waals surface area contributed by atoms with Crippen molar-refractivity contribution in [1.82, 2.24) is 9.80 Å². The molecule has 0 amide bonds. The van der Waals surface area contributed by atoms with E-state index in [4.69, 9.17) is 4.74 Å². The molecule has 1 aliphatic heterocycles. The first-order valence-electron chi connectivity index (χ1n) is 8.62. The smallest absolute Gasteiger partial charge is 0.122 e. The zero-order chi connectivity index (χ0) is 16.9. The fourth-order valence-electron chi connectivity index (χ4n) is 3.73. The molecule has 23 heavy (non-hydrogen) atoms. The number of nitrogens with zero attached hydrogens (tertiary/aromatic N) is 2. The van der Waals surface area contributed by atoms with Gasteiger partial charge in [-0.1, -0.05) is 17.7 Å². The van der Waals surface area contributed by atoms with E-state index >= 15 is 0 Å². The van der Waals surface area contributed by atoms with Crippen molar-refractivity contribution in [2.45, 2.75) is 26.7 Å². The quantitative estimate of drug-likeness (QED) is 0.836. The van der Waals surface area contributed by atoms with Crippen molar-refractivity contribution in [3.8, 4) is 5.75 Å². The molecule has 0 aromatic heterocycles. The van der Waals surface area contributed by atoms with Crippen LogP contribution in [0, 0.1) is 19.3 Å². The molecule has 1 aromatic carbocycles. The second kappa shape index (κ2) is 8.13. The number of benzene rings is 1. The number of rotatable bonds is 7. The molecule has 1 heterocycles. The molecule has 130 valence electrons. The van der Waals surface area contributed by atoms with Gasteiger partial charge in [0, 0.05) is 25.0 Å². The third-order valence-electron chi connectivity index (χ3n) is 4.72. The van der Waals surface area contributed by atoms with Crippen molar-refractivity contribution in [3.63, 3.8) is 0 Å². The minimum atomic E-state index is 0.0154. The zero-order valence-corrected chi connectivity index (χ0v) is 15.1. The molecule has 1 aliphatic rings. The van der Waals surface area contributed by atoms with E-state index in [0.29, 0.717) is 6.61 Å². The molecule has 0 bridgehead atoms. The van der Waals surface area contributed by atoms with Gasteiger partial charge >= 0.3 is 0 Å². The maximum atomic E-state index is 9.89. The van der Waals surface area contributed by atoms with E-state index in [0.717, 1.165) is 44.8 Å². The molecule has 0 saturated carbocycles. The molecule has 0 radical (unpaired) electrons. The molecule has 1 fully saturated rings. The van der Waals surface area contributed by atoms with Gasteiger partial charge in [-0.15, -0.1) is 0 Å². The van der Waals surface area contributed by atoms with Crippen LogP contribution in [0.3, 0.4) is 0 Å². The Balaban J connectivity index is 1.85. The normalized spacial score (nSPS) is 22.5. The van der Waals surface area contributed by atoms with Crippen LogP contribution < -0.4 is 4.74 Å². The number of piperidine rings is 1. The van der Waals surface area contributed by atoms with Gasteiger partial charge in [0.1, 0.15) is 12.4 Å². The van der Waals surface area contributed by atoms with Crippen molar-refractivity contribution in [1.29, 1.82) is 0 Å². The molecule has 0 aliphatic carbocycles. The van der Waals surface area contributed by atoms with Gasteiger partial charge in [0.05, 0.1) is 6.61 Å². The van der Waals surface area contributed by atoms with Crippen molar-refractivity contribution in [2.24, 2.45) is 5.41 Å². The Kier molecular flexibility index (Phi) is 6.45. The van der Waals surface area contributed by atoms with Crippen molar-refractivity contribution < 1.29 is 9.84 Å². The average Bonchev–Trinajstić information content (AvgIpc) is 2.49. The Morgan fingerprint density at radius 2 is 2.09 bits per heavy atom. The van der Waals surface area contributed by atoms with Crippen LogP contribution >= 0.6 is 0 Å². The SMILES string of the molecule is Cc1ccc(OCCN2CCCC(CO)(CN(C)C)C2)c(C)c1. The molecule has 1 saturated heterocycles. The first kappa shape index (κ1) is 18.2. The summed E-state index contributed by atoms with van der Waals surface area (Å²) in [5.41, 5.74) is 2.48. The second-order valence-corrected chi connectivity index (χ2v) is 7.39. The lowest BCUT2D eigenvalue weighted by Gasteiger charge is -2.43. The molecular weight excluding hydrogens is 288 g/mol. The Labute approximate surface area is 141 Å². The number of hydrogen-bond donors (Lipinski definition) is 1. The highest BCUT2D eigenvalue weighted by atomic mass is 16.5. The standard InChI is InChI=1S/C19H32N2O2/c1-16-6-7-18(17(2)12-16)23-11-10-21-9-5-8-19(14-21,15-22)13-20(3)4/h6-7,12,22H,5,8-11,13-15H2,1-4H3. The van der Waals surface area contributed by atoms with Gasteiger partial charge < -0.3 is 14.7 Å². The van der Waals surface area contributed by atoms with Crippen LogP contribution in [-0.2, 0) is 0 Å². The van der Waals surface area contributed by atoms with Crippen LogP contribution in [-0.4, -0.2) is 68.4 Å². The fraction of sp³-hybridized carbons (Fsp3) is 0.684. The van der Waals surface area contributed by atoms with Crippen LogP contribution in [0.5, 0.6) is 5.75 Å². The summed E-state index contributed by atoms with van der Waals surface area (Å²) in [5.74, 6) is 0.981. The van der Waals surface area contributed by atoms with Crippen molar-refractivity contribution >= 4 is 0 Å². The summed E-state index contributed by atoms with van der Waals surface area (Å²) in [4.78, 5) is 4.62. The van der Waals surface area contributed by atoms with Gasteiger partial charge in [0.15, 0.2) is 0 Å². The Bertz CT molecular complexity index is 504. The highest BCUT2D eigenvalue weighted by molar-refractivity contribution is 5.35. The van der Waals surface area contributed by atoms with E-state index in [2.05, 4.69) is 55.9 Å². The van der Waals surface area contributed by atoms with Gasteiger partial charge in [-0.2, -0.15) is 0 Å². The molecule has 1 N–H and O–H groups in total. The summed E-state index contributed by atoms with van der Waals surface area (Å²) < 4.78 is 5.96. The number of hydrogen-bond acceptors (Lipinski definition) is 4. The summed E-state index contributed by atoms with van der Waals surface area (Å²) in [6.07, 6.45) is 2.26. The van der Waals surface area contributed by atoms with E-state index < -0.39 is 0 Å². The predicted octanol–water partition coefficient (Wildman–Crippen LogP) is 2.32. The first-order valence-corrected chi connectivity index (χ1v) is 8.62. The third kappa shape index (κ3) is 5.20. The van der Waals surface area contributed by atoms with Crippen LogP contribution in [0.25, 0.3) is 0 Å². The molecule has 0 spiro atoms. The maximum Gasteiger partial charge on any atom is 0.122 e. The second-order valence-electron chi connectivity index (χ2n) is 7.39. The molecule has 4 heteroatoms. The number of aliphatic hydroxyl groups excluding tert-OH is 1. The minimum Gasteiger partial charge on any atom is -0.492 e. The number of likely N-dealkylation sites (tertiary alicyclic amines) is 1. The van der Waals surface area contributed by atoms with Crippen LogP contribution in [0.1, 0.15) is 24.0 Å². The highest BCUT2D eigenvalue weighted by Crippen LogP contribution is 2.30. The number of aliphatic hydroxyl groups is 1. The van der Waals surface area contributed by atoms with Crippen LogP contribution in [0.15, 0.2) is 18.2 Å². The Hall–Kier alpha value is -1.10. The highest BCUT2D eigenvalue weighted by Gasteiger charge is 2.35. The maximum absolute atomic E-state index is 9.89. The Morgan fingerprint density at radius 1 is 1.30 bits per heavy atom. The van der Waals surface area contributed by atoms with Gasteiger partial charge in [-0.3, -0.25) is 4.90 Å². The number of ether oxygens (including phenoxy) is 1. The van der Waals surface area contributed by atoms with Crippen LogP contribution in [0.2, 0.25) is 0 Å². The molecular formula is C19H32N2O2. The average molecular weight is 320 g/mol. The summed E-state index contributed by atoms with van der Waals surface area (Å²) in [7, 11) is 4.17. The molecule has 1 aromatic rings. The van der Waals surface area contributed by atoms with Crippen molar-refractivity contribution in [3.05, 3.63) is 29.3 Å². The predicted molar refractivity (Wildman–Crippen MR) is 95.2 cm³/mol. The zero-order valence-electron chi connectivity index (χ0n) is 15.1. The molecule has 1 unspecified atom stereocenters. The monoisotopic (exact) mass is 320 g/mol. The lowest BCUT2D eigenvalue weighted by atomic mass is 9.80. The summed E-state index contributed by atoms with van der Waals surface area (Å²) >= 11 is 0. The molecule has 4 nitrogen and oxygen atoms in total. The summed E-state index contributed by atoms with van der Waals surface area (Å²) in [6.45, 7) is 9.08. The number of aryl methyl sites for hydroxylation is 2. The molecule has 2 rings (SSSR count). The largest absolute Gasteiger partial charge is 0.492 e. The molecule has 1 atom stereocenters. The lowest BCUT2D eigenvalue weighted by molar-refractivity contribution is 0.00956. The van der Waals surface area contributed by atoms with E-state index in [1.165, 1.54) is 11.1 Å². The summed E-state index contributed by atoms with van der Waals surface area (Å²) in [6, 6.07) is 6.31. The van der Waals surface area contributed by atoms with Gasteiger partial charge in [0.25, 0.3) is 0 Å². The lowest BCUT2D eigenvalue weighted by Crippen LogP contribution is -2.51. The van der Waals surface area contributed by atoms with Crippen LogP contribution in [0.4, 0.5) is 0 Å². The third-order valence-corrected chi connectivity index (χ3v) is 4.72. The van der Waals surface area contributed by atoms with E-state index in [9.17, 15) is 5.11 Å². The van der Waals surface area contributed by atoms with Gasteiger partial charge in [-0.25, -0.2) is 0 Å². The summed E-state index contributed by atoms with van der Waals surface area (Å²) in [5, 5.41) is 9.89. The van der Waals surface area contributed by atoms with E-state index in [1.807, 2.05) is 0 Å². The van der Waals surface area contributed by atoms with E-state index in [1.54, 1.807) is 0 Å². The first-order chi connectivity index (χ1) is 10.9. The van der Waals surface area contributed by atoms with Gasteiger partial charge in [0.2, 0.25) is 0 Å². The van der Waals surface area contributed by atoms with Gasteiger partial charge in [-0.05, 0) is 59.0 Å².